The van der Waals surface area contributed by atoms with E-state index in [0.29, 0.717) is 71.4 Å². The third-order valence-electron chi connectivity index (χ3n) is 10.3. The zero-order chi connectivity index (χ0) is 41.1. The summed E-state index contributed by atoms with van der Waals surface area (Å²) in [6, 6.07) is 11.2. The number of hydrogen-bond donors (Lipinski definition) is 6. The molecule has 6 aromatic rings. The first-order valence-corrected chi connectivity index (χ1v) is 19.1. The molecule has 2 aliphatic rings. The molecule has 6 heterocycles. The highest BCUT2D eigenvalue weighted by molar-refractivity contribution is 6.02. The standard InChI is InChI=1S/2C21H22N6O2/c2*1-3-24-20(28)13-8-14(13)21(29)27-18-7-12-6-17(15-9-23-5-4-11(15)2)26-19(22)16(12)10-25-18/h2*4-7,9-10,13-14H,3,8H2,1-2H3,(H2,22,26)(H,24,28)(H,25,27,29)/t2*13-,14+/m10/s1. The minimum absolute atomic E-state index is 0.0746. The van der Waals surface area contributed by atoms with E-state index in [9.17, 15) is 19.2 Å². The summed E-state index contributed by atoms with van der Waals surface area (Å²) >= 11 is 0. The largest absolute Gasteiger partial charge is 0.383 e. The number of pyridine rings is 6. The molecule has 4 atom stereocenters. The number of nitrogen functional groups attached to an aromatic ring is 2. The van der Waals surface area contributed by atoms with Gasteiger partial charge < -0.3 is 32.7 Å². The molecule has 6 aromatic heterocycles. The first kappa shape index (κ1) is 39.1. The number of amides is 4. The Morgan fingerprint density at radius 1 is 0.603 bits per heavy atom. The molecule has 4 amide bonds. The van der Waals surface area contributed by atoms with Crippen LogP contribution in [0.2, 0.25) is 0 Å². The number of fused-ring (bicyclic) bond motifs is 2. The van der Waals surface area contributed by atoms with E-state index < -0.39 is 0 Å². The van der Waals surface area contributed by atoms with E-state index in [1.807, 2.05) is 52.0 Å². The highest BCUT2D eigenvalue weighted by Gasteiger charge is 2.48. The quantitative estimate of drug-likeness (QED) is 0.112. The van der Waals surface area contributed by atoms with E-state index >= 15 is 0 Å². The van der Waals surface area contributed by atoms with Crippen molar-refractivity contribution in [2.24, 2.45) is 23.7 Å². The molecule has 2 saturated carbocycles. The fourth-order valence-corrected chi connectivity index (χ4v) is 6.82. The van der Waals surface area contributed by atoms with E-state index in [0.717, 1.165) is 33.0 Å². The maximum atomic E-state index is 12.5. The summed E-state index contributed by atoms with van der Waals surface area (Å²) < 4.78 is 0. The number of rotatable bonds is 10. The highest BCUT2D eigenvalue weighted by Crippen LogP contribution is 2.40. The van der Waals surface area contributed by atoms with Gasteiger partial charge >= 0.3 is 0 Å². The molecule has 0 aromatic carbocycles. The van der Waals surface area contributed by atoms with Crippen molar-refractivity contribution < 1.29 is 19.2 Å². The molecule has 58 heavy (non-hydrogen) atoms. The van der Waals surface area contributed by atoms with E-state index in [1.165, 1.54) is 0 Å². The van der Waals surface area contributed by atoms with Crippen LogP contribution in [0.15, 0.2) is 73.6 Å². The van der Waals surface area contributed by atoms with Crippen LogP contribution in [0.5, 0.6) is 0 Å². The first-order valence-electron chi connectivity index (χ1n) is 19.1. The van der Waals surface area contributed by atoms with Crippen LogP contribution in [0.1, 0.15) is 37.8 Å². The maximum absolute atomic E-state index is 12.5. The molecular weight excluding hydrogens is 737 g/mol. The van der Waals surface area contributed by atoms with Crippen molar-refractivity contribution >= 4 is 68.4 Å². The third kappa shape index (κ3) is 8.50. The van der Waals surface area contributed by atoms with Crippen molar-refractivity contribution in [2.45, 2.75) is 40.5 Å². The second kappa shape index (κ2) is 16.6. The van der Waals surface area contributed by atoms with Gasteiger partial charge in [0.1, 0.15) is 23.3 Å². The number of aromatic nitrogens is 6. The Labute approximate surface area is 334 Å². The minimum Gasteiger partial charge on any atom is -0.383 e. The van der Waals surface area contributed by atoms with Crippen molar-refractivity contribution in [1.82, 2.24) is 40.5 Å². The average molecular weight is 781 g/mol. The fourth-order valence-electron chi connectivity index (χ4n) is 6.82. The molecule has 296 valence electrons. The molecule has 2 aliphatic carbocycles. The van der Waals surface area contributed by atoms with Gasteiger partial charge in [-0.05, 0) is 98.8 Å². The van der Waals surface area contributed by atoms with Crippen molar-refractivity contribution in [3.63, 3.8) is 0 Å². The lowest BCUT2D eigenvalue weighted by atomic mass is 10.1. The summed E-state index contributed by atoms with van der Waals surface area (Å²) in [5.74, 6) is -0.0989. The SMILES string of the molecule is CCNC(=O)[C@@H]1C[C@@H]1C(=O)Nc1cc2cc(-c3cnccc3C)nc(N)c2cn1.CCNC(=O)[C@H]1C[C@H]1C(=O)Nc1cc2cc(-c3cnccc3C)nc(N)c2cn1. The number of nitrogens with one attached hydrogen (secondary N) is 4. The maximum Gasteiger partial charge on any atom is 0.229 e. The van der Waals surface area contributed by atoms with Crippen molar-refractivity contribution in [2.75, 3.05) is 35.2 Å². The van der Waals surface area contributed by atoms with E-state index in [-0.39, 0.29) is 47.3 Å². The summed E-state index contributed by atoms with van der Waals surface area (Å²) in [5, 5.41) is 14.2. The predicted octanol–water partition coefficient (Wildman–Crippen LogP) is 4.59. The average Bonchev–Trinajstić information content (AvgIpc) is 4.14. The van der Waals surface area contributed by atoms with Crippen LogP contribution in [-0.2, 0) is 19.2 Å². The van der Waals surface area contributed by atoms with Gasteiger partial charge in [0.15, 0.2) is 0 Å². The van der Waals surface area contributed by atoms with Gasteiger partial charge in [0, 0.05) is 72.2 Å². The van der Waals surface area contributed by atoms with Gasteiger partial charge in [-0.15, -0.1) is 0 Å². The normalized spacial score (nSPS) is 17.7. The second-order valence-corrected chi connectivity index (χ2v) is 14.4. The molecule has 2 fully saturated rings. The number of anilines is 4. The molecule has 0 unspecified atom stereocenters. The first-order chi connectivity index (χ1) is 27.9. The Morgan fingerprint density at radius 3 is 1.38 bits per heavy atom. The Morgan fingerprint density at radius 2 is 1.00 bits per heavy atom. The number of aryl methyl sites for hydroxylation is 2. The molecule has 8 rings (SSSR count). The van der Waals surface area contributed by atoms with Gasteiger partial charge in [-0.1, -0.05) is 0 Å². The summed E-state index contributed by atoms with van der Waals surface area (Å²) in [6.07, 6.45) is 11.3. The number of nitrogens with two attached hydrogens (primary N) is 2. The van der Waals surface area contributed by atoms with Gasteiger partial charge in [-0.2, -0.15) is 0 Å². The Balaban J connectivity index is 0.000000177. The van der Waals surface area contributed by atoms with Crippen LogP contribution in [0.3, 0.4) is 0 Å². The summed E-state index contributed by atoms with van der Waals surface area (Å²) in [5.41, 5.74) is 17.6. The Bertz CT molecular complexity index is 2400. The Kier molecular flexibility index (Phi) is 11.2. The Hall–Kier alpha value is -7.10. The molecule has 0 radical (unpaired) electrons. The second-order valence-electron chi connectivity index (χ2n) is 14.4. The van der Waals surface area contributed by atoms with Crippen molar-refractivity contribution in [3.05, 3.63) is 84.7 Å². The van der Waals surface area contributed by atoms with Crippen LogP contribution in [0.25, 0.3) is 44.1 Å². The lowest BCUT2D eigenvalue weighted by Crippen LogP contribution is -2.27. The predicted molar refractivity (Wildman–Crippen MR) is 222 cm³/mol. The summed E-state index contributed by atoms with van der Waals surface area (Å²) in [6.45, 7) is 8.80. The fraction of sp³-hybridized carbons (Fsp3) is 0.286. The van der Waals surface area contributed by atoms with Gasteiger partial charge in [-0.25, -0.2) is 19.9 Å². The van der Waals surface area contributed by atoms with Crippen LogP contribution in [-0.4, -0.2) is 66.6 Å². The smallest absolute Gasteiger partial charge is 0.229 e. The van der Waals surface area contributed by atoms with Crippen LogP contribution < -0.4 is 32.7 Å². The molecule has 0 spiro atoms. The van der Waals surface area contributed by atoms with E-state index in [4.69, 9.17) is 11.5 Å². The molecule has 0 aliphatic heterocycles. The van der Waals surface area contributed by atoms with Gasteiger partial charge in [-0.3, -0.25) is 29.1 Å². The molecule has 0 bridgehead atoms. The minimum atomic E-state index is -0.310. The monoisotopic (exact) mass is 780 g/mol. The van der Waals surface area contributed by atoms with Crippen LogP contribution >= 0.6 is 0 Å². The molecular formula is C42H44N12O4. The molecule has 16 nitrogen and oxygen atoms in total. The van der Waals surface area contributed by atoms with Crippen LogP contribution in [0, 0.1) is 37.5 Å². The molecule has 16 heteroatoms. The van der Waals surface area contributed by atoms with Gasteiger partial charge in [0.2, 0.25) is 23.6 Å². The lowest BCUT2D eigenvalue weighted by Gasteiger charge is -2.10. The van der Waals surface area contributed by atoms with Crippen molar-refractivity contribution in [1.29, 1.82) is 0 Å². The summed E-state index contributed by atoms with van der Waals surface area (Å²) in [7, 11) is 0. The number of carbonyl (C=O) groups is 4. The third-order valence-corrected chi connectivity index (χ3v) is 10.3. The molecule has 0 saturated heterocycles. The number of hydrogen-bond acceptors (Lipinski definition) is 12. The van der Waals surface area contributed by atoms with Gasteiger partial charge in [0.25, 0.3) is 0 Å². The van der Waals surface area contributed by atoms with Gasteiger partial charge in [0.05, 0.1) is 35.1 Å². The summed E-state index contributed by atoms with van der Waals surface area (Å²) in [4.78, 5) is 74.5. The lowest BCUT2D eigenvalue weighted by molar-refractivity contribution is -0.125. The van der Waals surface area contributed by atoms with E-state index in [2.05, 4.69) is 51.2 Å². The zero-order valence-corrected chi connectivity index (χ0v) is 32.5. The molecule has 8 N–H and O–H groups in total. The van der Waals surface area contributed by atoms with E-state index in [1.54, 1.807) is 49.3 Å². The highest BCUT2D eigenvalue weighted by atomic mass is 16.2. The van der Waals surface area contributed by atoms with Crippen LogP contribution in [0.4, 0.5) is 23.3 Å². The number of carbonyl (C=O) groups excluding carboxylic acids is 4. The van der Waals surface area contributed by atoms with Crippen molar-refractivity contribution in [3.8, 4) is 22.5 Å². The topological polar surface area (TPSA) is 246 Å². The number of nitrogens with zero attached hydrogens (tertiary/aromatic N) is 6. The zero-order valence-electron chi connectivity index (χ0n) is 32.5.